The largest absolute Gasteiger partial charge is 0.422 e. The Bertz CT molecular complexity index is 1370. The minimum atomic E-state index is -1.000. The lowest BCUT2D eigenvalue weighted by Gasteiger charge is -2.30. The van der Waals surface area contributed by atoms with Crippen molar-refractivity contribution in [1.29, 1.82) is 0 Å². The number of β-amino-alcohol motifs (C(OH)–C–C–N with tert-alkyl or cyclic N) is 1. The molecule has 46 heavy (non-hydrogen) atoms. The zero-order chi connectivity index (χ0) is 33.6. The van der Waals surface area contributed by atoms with Crippen LogP contribution in [-0.2, 0) is 25.6 Å². The number of amides is 2. The number of aliphatic hydroxyl groups excluding tert-OH is 1. The van der Waals surface area contributed by atoms with E-state index in [0.29, 0.717) is 18.5 Å². The van der Waals surface area contributed by atoms with Crippen molar-refractivity contribution in [3.8, 4) is 11.5 Å². The fourth-order valence-corrected chi connectivity index (χ4v) is 4.59. The van der Waals surface area contributed by atoms with Gasteiger partial charge in [-0.3, -0.25) is 19.2 Å². The maximum Gasteiger partial charge on any atom is 0.316 e. The van der Waals surface area contributed by atoms with Crippen LogP contribution in [-0.4, -0.2) is 65.0 Å². The predicted molar refractivity (Wildman–Crippen MR) is 182 cm³/mol. The molecule has 254 valence electrons. The van der Waals surface area contributed by atoms with Gasteiger partial charge in [0.15, 0.2) is 11.5 Å². The van der Waals surface area contributed by atoms with Crippen molar-refractivity contribution in [2.24, 2.45) is 10.8 Å². The summed E-state index contributed by atoms with van der Waals surface area (Å²) in [6.45, 7) is 15.1. The molecule has 1 heterocycles. The van der Waals surface area contributed by atoms with Gasteiger partial charge in [0.2, 0.25) is 11.8 Å². The fourth-order valence-electron chi connectivity index (χ4n) is 4.59. The molecule has 1 aliphatic heterocycles. The third-order valence-corrected chi connectivity index (χ3v) is 7.54. The summed E-state index contributed by atoms with van der Waals surface area (Å²) >= 11 is 0. The Balaban J connectivity index is 0.00000736. The van der Waals surface area contributed by atoms with E-state index >= 15 is 0 Å². The number of carbonyl (C=O) groups excluding carboxylic acids is 4. The van der Waals surface area contributed by atoms with Crippen LogP contribution >= 0.6 is 17.0 Å². The van der Waals surface area contributed by atoms with Crippen LogP contribution in [0.2, 0.25) is 0 Å². The second-order valence-corrected chi connectivity index (χ2v) is 14.4. The van der Waals surface area contributed by atoms with E-state index < -0.39 is 40.5 Å². The van der Waals surface area contributed by atoms with Crippen molar-refractivity contribution in [3.05, 3.63) is 59.7 Å². The molecular formula is C35H50BrN3O7. The molecule has 1 saturated heterocycles. The van der Waals surface area contributed by atoms with Crippen LogP contribution in [0.5, 0.6) is 11.5 Å². The number of nitrogens with zero attached hydrogens (tertiary/aromatic N) is 1. The molecule has 3 rings (SSSR count). The number of aliphatic hydroxyl groups is 1. The van der Waals surface area contributed by atoms with E-state index in [2.05, 4.69) is 10.6 Å². The molecule has 2 aromatic carbocycles. The Labute approximate surface area is 283 Å². The molecule has 3 N–H and O–H groups in total. The number of esters is 2. The van der Waals surface area contributed by atoms with Crippen LogP contribution in [0.25, 0.3) is 0 Å². The Morgan fingerprint density at radius 2 is 1.48 bits per heavy atom. The summed E-state index contributed by atoms with van der Waals surface area (Å²) in [7, 11) is 0. The first kappa shape index (κ1) is 38.9. The molecule has 0 aromatic heterocycles. The van der Waals surface area contributed by atoms with Gasteiger partial charge in [0.25, 0.3) is 0 Å². The van der Waals surface area contributed by atoms with E-state index in [1.54, 1.807) is 52.5 Å². The molecule has 2 amide bonds. The topological polar surface area (TPSA) is 134 Å². The molecule has 0 spiro atoms. The van der Waals surface area contributed by atoms with Crippen LogP contribution < -0.4 is 20.1 Å². The van der Waals surface area contributed by atoms with Gasteiger partial charge < -0.3 is 30.1 Å². The smallest absolute Gasteiger partial charge is 0.316 e. The maximum atomic E-state index is 13.1. The van der Waals surface area contributed by atoms with Crippen molar-refractivity contribution >= 4 is 40.7 Å². The van der Waals surface area contributed by atoms with E-state index in [1.165, 1.54) is 12.1 Å². The molecule has 1 fully saturated rings. The Hall–Kier alpha value is -3.28. The number of hydrogen-bond donors (Lipinski definition) is 3. The van der Waals surface area contributed by atoms with Gasteiger partial charge in [-0.05, 0) is 91.5 Å². The first-order valence-corrected chi connectivity index (χ1v) is 15.5. The molecule has 10 nitrogen and oxygen atoms in total. The summed E-state index contributed by atoms with van der Waals surface area (Å²) < 4.78 is 11.2. The number of hydrogen-bond acceptors (Lipinski definition) is 8. The highest BCUT2D eigenvalue weighted by molar-refractivity contribution is 8.93. The molecule has 0 saturated carbocycles. The Morgan fingerprint density at radius 1 is 0.891 bits per heavy atom. The monoisotopic (exact) mass is 703 g/mol. The van der Waals surface area contributed by atoms with Crippen molar-refractivity contribution in [1.82, 2.24) is 15.5 Å². The summed E-state index contributed by atoms with van der Waals surface area (Å²) in [5.41, 5.74) is -0.814. The third-order valence-electron chi connectivity index (χ3n) is 7.54. The van der Waals surface area contributed by atoms with Gasteiger partial charge in [-0.15, -0.1) is 17.0 Å². The molecule has 2 atom stereocenters. The van der Waals surface area contributed by atoms with Crippen LogP contribution in [0.1, 0.15) is 85.5 Å². The first-order chi connectivity index (χ1) is 20.9. The van der Waals surface area contributed by atoms with E-state index in [0.717, 1.165) is 12.0 Å². The van der Waals surface area contributed by atoms with Gasteiger partial charge in [-0.1, -0.05) is 36.4 Å². The van der Waals surface area contributed by atoms with Gasteiger partial charge in [0, 0.05) is 25.2 Å². The summed E-state index contributed by atoms with van der Waals surface area (Å²) in [5, 5.41) is 17.3. The predicted octanol–water partition coefficient (Wildman–Crippen LogP) is 4.92. The van der Waals surface area contributed by atoms with Gasteiger partial charge in [-0.25, -0.2) is 0 Å². The van der Waals surface area contributed by atoms with E-state index in [9.17, 15) is 24.3 Å². The van der Waals surface area contributed by atoms with Crippen LogP contribution in [0.4, 0.5) is 0 Å². The number of nitrogens with one attached hydrogen (secondary N) is 2. The van der Waals surface area contributed by atoms with Crippen molar-refractivity contribution in [3.63, 3.8) is 0 Å². The molecule has 0 radical (unpaired) electrons. The number of likely N-dealkylation sites (tertiary alicyclic amines) is 1. The second-order valence-electron chi connectivity index (χ2n) is 14.4. The highest BCUT2D eigenvalue weighted by Gasteiger charge is 2.35. The van der Waals surface area contributed by atoms with Gasteiger partial charge in [-0.2, -0.15) is 0 Å². The number of benzene rings is 2. The van der Waals surface area contributed by atoms with E-state index in [-0.39, 0.29) is 59.8 Å². The number of ether oxygens (including phenoxy) is 2. The molecule has 1 aliphatic rings. The number of carbonyl (C=O) groups is 4. The maximum absolute atomic E-state index is 13.1. The first-order valence-electron chi connectivity index (χ1n) is 15.5. The van der Waals surface area contributed by atoms with Gasteiger partial charge in [0.1, 0.15) is 6.04 Å². The second kappa shape index (κ2) is 16.0. The minimum Gasteiger partial charge on any atom is -0.422 e. The summed E-state index contributed by atoms with van der Waals surface area (Å²) in [5.74, 6) is -1.14. The molecule has 11 heteroatoms. The summed E-state index contributed by atoms with van der Waals surface area (Å²) in [6, 6.07) is 13.6. The fraction of sp³-hybridized carbons (Fsp3) is 0.543. The summed E-state index contributed by atoms with van der Waals surface area (Å²) in [6.07, 6.45) is 0.642. The number of halogens is 1. The van der Waals surface area contributed by atoms with Crippen molar-refractivity contribution in [2.45, 2.75) is 92.3 Å². The van der Waals surface area contributed by atoms with Crippen LogP contribution in [0.3, 0.4) is 0 Å². The van der Waals surface area contributed by atoms with E-state index in [1.807, 2.05) is 44.2 Å². The molecule has 1 unspecified atom stereocenters. The highest BCUT2D eigenvalue weighted by Crippen LogP contribution is 2.34. The van der Waals surface area contributed by atoms with Crippen LogP contribution in [0.15, 0.2) is 48.5 Å². The van der Waals surface area contributed by atoms with E-state index in [4.69, 9.17) is 9.47 Å². The zero-order valence-electron chi connectivity index (χ0n) is 28.3. The Kier molecular flexibility index (Phi) is 13.5. The van der Waals surface area contributed by atoms with Gasteiger partial charge >= 0.3 is 11.9 Å². The average Bonchev–Trinajstić information content (AvgIpc) is 3.45. The normalized spacial score (nSPS) is 15.8. The van der Waals surface area contributed by atoms with Gasteiger partial charge in [0.05, 0.1) is 23.4 Å². The lowest BCUT2D eigenvalue weighted by Crippen LogP contribution is -2.53. The molecule has 0 aliphatic carbocycles. The third kappa shape index (κ3) is 11.2. The SMILES string of the molecule is Br.CC(C)(CNC(=O)[C@@H]1CCCN1C(=O)Cc1ccccc1)NCC(O)c1ccc(OC(=O)C(C)(C)C)c(OC(=O)C(C)(C)C)c1. The summed E-state index contributed by atoms with van der Waals surface area (Å²) in [4.78, 5) is 53.0. The molecular weight excluding hydrogens is 654 g/mol. The van der Waals surface area contributed by atoms with Crippen molar-refractivity contribution in [2.75, 3.05) is 19.6 Å². The zero-order valence-corrected chi connectivity index (χ0v) is 30.0. The lowest BCUT2D eigenvalue weighted by atomic mass is 9.97. The van der Waals surface area contributed by atoms with Crippen LogP contribution in [0, 0.1) is 10.8 Å². The van der Waals surface area contributed by atoms with Crippen molar-refractivity contribution < 1.29 is 33.8 Å². The minimum absolute atomic E-state index is 0. The quantitative estimate of drug-likeness (QED) is 0.222. The molecule has 2 aromatic rings. The standard InChI is InChI=1S/C35H49N3O7.BrH/c1-33(2,3)31(42)44-27-17-16-24(20-28(27)45-32(43)34(4,5)6)26(39)21-37-35(7,8)22-36-30(41)25-15-12-18-38(25)29(40)19-23-13-10-9-11-14-23;/h9-11,13-14,16-17,20,25-26,37,39H,12,15,18-19,21-22H2,1-8H3,(H,36,41);1H/t25-,26?;/m0./s1. The lowest BCUT2D eigenvalue weighted by molar-refractivity contribution is -0.145. The Morgan fingerprint density at radius 3 is 2.07 bits per heavy atom. The molecule has 0 bridgehead atoms. The number of rotatable bonds is 11. The highest BCUT2D eigenvalue weighted by atomic mass is 79.9. The average molecular weight is 705 g/mol.